The van der Waals surface area contributed by atoms with Crippen LogP contribution in [0, 0.1) is 13.8 Å². The Morgan fingerprint density at radius 2 is 1.93 bits per heavy atom. The highest BCUT2D eigenvalue weighted by molar-refractivity contribution is 7.98. The molecule has 0 unspecified atom stereocenters. The van der Waals surface area contributed by atoms with E-state index in [1.807, 2.05) is 19.9 Å². The molecule has 0 atom stereocenters. The third-order valence-electron chi connectivity index (χ3n) is 3.96. The normalized spacial score (nSPS) is 12.1. The third-order valence-corrected chi connectivity index (χ3v) is 5.02. The van der Waals surface area contributed by atoms with E-state index in [-0.39, 0.29) is 22.3 Å². The van der Waals surface area contributed by atoms with Crippen molar-refractivity contribution in [2.75, 3.05) is 0 Å². The van der Waals surface area contributed by atoms with Gasteiger partial charge in [-0.25, -0.2) is 9.50 Å². The van der Waals surface area contributed by atoms with Crippen LogP contribution in [-0.2, 0) is 11.9 Å². The predicted molar refractivity (Wildman–Crippen MR) is 99.0 cm³/mol. The van der Waals surface area contributed by atoms with Crippen LogP contribution in [0.4, 0.5) is 13.2 Å². The molecule has 0 aliphatic rings. The van der Waals surface area contributed by atoms with Crippen molar-refractivity contribution in [2.45, 2.75) is 30.9 Å². The second kappa shape index (κ2) is 7.26. The summed E-state index contributed by atoms with van der Waals surface area (Å²) in [4.78, 5) is 8.64. The van der Waals surface area contributed by atoms with E-state index in [0.29, 0.717) is 10.9 Å². The number of alkyl halides is 3. The zero-order chi connectivity index (χ0) is 20.8. The van der Waals surface area contributed by atoms with Crippen LogP contribution in [0.15, 0.2) is 29.4 Å². The number of aromatic nitrogens is 8. The average Bonchev–Trinajstić information content (AvgIpc) is 3.25. The van der Waals surface area contributed by atoms with E-state index in [9.17, 15) is 13.2 Å². The van der Waals surface area contributed by atoms with Gasteiger partial charge in [-0.15, -0.1) is 10.2 Å². The first-order chi connectivity index (χ1) is 13.7. The van der Waals surface area contributed by atoms with E-state index in [1.54, 1.807) is 4.52 Å². The molecule has 3 heterocycles. The van der Waals surface area contributed by atoms with E-state index in [0.717, 1.165) is 22.1 Å². The quantitative estimate of drug-likeness (QED) is 0.447. The predicted octanol–water partition coefficient (Wildman–Crippen LogP) is 3.68. The molecule has 0 N–H and O–H groups in total. The van der Waals surface area contributed by atoms with Gasteiger partial charge in [0.05, 0.1) is 17.0 Å². The van der Waals surface area contributed by atoms with Gasteiger partial charge in [0, 0.05) is 16.4 Å². The second-order valence-corrected chi connectivity index (χ2v) is 7.48. The minimum atomic E-state index is -4.61. The van der Waals surface area contributed by atoms with Gasteiger partial charge in [-0.1, -0.05) is 23.4 Å². The van der Waals surface area contributed by atoms with Crippen LogP contribution in [-0.4, -0.2) is 39.8 Å². The molecule has 13 heteroatoms. The number of thioether (sulfide) groups is 1. The van der Waals surface area contributed by atoms with Gasteiger partial charge in [-0.2, -0.15) is 22.8 Å². The van der Waals surface area contributed by atoms with Crippen molar-refractivity contribution in [3.8, 4) is 5.69 Å². The lowest BCUT2D eigenvalue weighted by atomic mass is 10.1. The van der Waals surface area contributed by atoms with Gasteiger partial charge < -0.3 is 0 Å². The molecule has 0 aliphatic heterocycles. The molecule has 150 valence electrons. The summed E-state index contributed by atoms with van der Waals surface area (Å²) < 4.78 is 42.9. The van der Waals surface area contributed by atoms with Crippen LogP contribution in [0.5, 0.6) is 0 Å². The van der Waals surface area contributed by atoms with Crippen LogP contribution in [0.2, 0.25) is 5.02 Å². The summed E-state index contributed by atoms with van der Waals surface area (Å²) in [5, 5.41) is 15.8. The number of halogens is 4. The number of hydrogen-bond donors (Lipinski definition) is 0. The molecular formula is C16H12ClF3N8S. The Hall–Kier alpha value is -2.73. The summed E-state index contributed by atoms with van der Waals surface area (Å²) in [5.41, 5.74) is 0.543. The van der Waals surface area contributed by atoms with Crippen LogP contribution in [0.3, 0.4) is 0 Å². The highest BCUT2D eigenvalue weighted by Gasteiger charge is 2.35. The van der Waals surface area contributed by atoms with E-state index in [4.69, 9.17) is 11.6 Å². The van der Waals surface area contributed by atoms with Crippen LogP contribution in [0.1, 0.15) is 22.8 Å². The van der Waals surface area contributed by atoms with Gasteiger partial charge in [-0.3, -0.25) is 0 Å². The van der Waals surface area contributed by atoms with Crippen molar-refractivity contribution in [3.63, 3.8) is 0 Å². The Balaban J connectivity index is 1.64. The molecule has 0 radical (unpaired) electrons. The maximum absolute atomic E-state index is 13.4. The lowest BCUT2D eigenvalue weighted by Gasteiger charge is -2.13. The standard InChI is InChI=1S/C16H12ClF3N8S/c1-8-5-9(2)27-14(21-8)22-15(24-27)29-7-13-23-25-26-28(13)12-4-3-10(17)6-11(12)16(18,19)20/h3-6H,7H2,1-2H3. The Bertz CT molecular complexity index is 1200. The van der Waals surface area contributed by atoms with Crippen LogP contribution in [0.25, 0.3) is 11.5 Å². The van der Waals surface area contributed by atoms with Gasteiger partial charge in [-0.05, 0) is 48.5 Å². The number of tetrazole rings is 1. The minimum absolute atomic E-state index is 0.0304. The first-order valence-electron chi connectivity index (χ1n) is 8.20. The second-order valence-electron chi connectivity index (χ2n) is 6.10. The molecule has 0 saturated heterocycles. The molecule has 29 heavy (non-hydrogen) atoms. The topological polar surface area (TPSA) is 86.7 Å². The molecule has 0 amide bonds. The number of rotatable bonds is 4. The van der Waals surface area contributed by atoms with Crippen molar-refractivity contribution in [1.82, 2.24) is 39.8 Å². The van der Waals surface area contributed by atoms with Gasteiger partial charge >= 0.3 is 6.18 Å². The zero-order valence-electron chi connectivity index (χ0n) is 15.0. The number of aryl methyl sites for hydroxylation is 2. The van der Waals surface area contributed by atoms with E-state index in [2.05, 4.69) is 30.6 Å². The van der Waals surface area contributed by atoms with Crippen LogP contribution < -0.4 is 0 Å². The molecule has 8 nitrogen and oxygen atoms in total. The highest BCUT2D eigenvalue weighted by atomic mass is 35.5. The number of benzene rings is 1. The lowest BCUT2D eigenvalue weighted by Crippen LogP contribution is -2.13. The SMILES string of the molecule is Cc1cc(C)n2nc(SCc3nnnn3-c3ccc(Cl)cc3C(F)(F)F)nc2n1. The first-order valence-corrected chi connectivity index (χ1v) is 9.57. The third kappa shape index (κ3) is 3.90. The fraction of sp³-hybridized carbons (Fsp3) is 0.250. The Kier molecular flexibility index (Phi) is 4.90. The summed E-state index contributed by atoms with van der Waals surface area (Å²) in [6.07, 6.45) is -4.61. The van der Waals surface area contributed by atoms with Gasteiger partial charge in [0.25, 0.3) is 5.78 Å². The minimum Gasteiger partial charge on any atom is -0.216 e. The smallest absolute Gasteiger partial charge is 0.216 e. The maximum atomic E-state index is 13.4. The zero-order valence-corrected chi connectivity index (χ0v) is 16.6. The van der Waals surface area contributed by atoms with Gasteiger partial charge in [0.1, 0.15) is 0 Å². The molecule has 0 aliphatic carbocycles. The first kappa shape index (κ1) is 19.6. The molecule has 1 aromatic carbocycles. The molecule has 4 aromatic rings. The molecule has 0 saturated carbocycles. The van der Waals surface area contributed by atoms with E-state index < -0.39 is 11.7 Å². The fourth-order valence-electron chi connectivity index (χ4n) is 2.74. The molecule has 4 rings (SSSR count). The number of fused-ring (bicyclic) bond motifs is 1. The Morgan fingerprint density at radius 1 is 1.14 bits per heavy atom. The van der Waals surface area contributed by atoms with Gasteiger partial charge in [0.2, 0.25) is 5.16 Å². The molecule has 0 spiro atoms. The molecule has 0 bridgehead atoms. The Morgan fingerprint density at radius 3 is 2.69 bits per heavy atom. The monoisotopic (exact) mass is 440 g/mol. The highest BCUT2D eigenvalue weighted by Crippen LogP contribution is 2.35. The molecular weight excluding hydrogens is 429 g/mol. The van der Waals surface area contributed by atoms with E-state index in [1.165, 1.54) is 23.9 Å². The Labute approximate surface area is 171 Å². The van der Waals surface area contributed by atoms with Crippen molar-refractivity contribution in [2.24, 2.45) is 0 Å². The fourth-order valence-corrected chi connectivity index (χ4v) is 3.64. The van der Waals surface area contributed by atoms with Gasteiger partial charge in [0.15, 0.2) is 5.82 Å². The van der Waals surface area contributed by atoms with Crippen LogP contribution >= 0.6 is 23.4 Å². The number of nitrogens with zero attached hydrogens (tertiary/aromatic N) is 8. The maximum Gasteiger partial charge on any atom is 0.418 e. The van der Waals surface area contributed by atoms with Crippen molar-refractivity contribution < 1.29 is 13.2 Å². The lowest BCUT2D eigenvalue weighted by molar-refractivity contribution is -0.137. The van der Waals surface area contributed by atoms with Crippen molar-refractivity contribution in [1.29, 1.82) is 0 Å². The van der Waals surface area contributed by atoms with E-state index >= 15 is 0 Å². The summed E-state index contributed by atoms with van der Waals surface area (Å²) in [7, 11) is 0. The van der Waals surface area contributed by atoms with Crippen molar-refractivity contribution in [3.05, 3.63) is 52.1 Å². The van der Waals surface area contributed by atoms with Crippen molar-refractivity contribution >= 4 is 29.1 Å². The average molecular weight is 441 g/mol. The molecule has 0 fully saturated rings. The molecule has 3 aromatic heterocycles. The summed E-state index contributed by atoms with van der Waals surface area (Å²) in [6, 6.07) is 5.30. The largest absolute Gasteiger partial charge is 0.418 e. The summed E-state index contributed by atoms with van der Waals surface area (Å²) >= 11 is 6.93. The summed E-state index contributed by atoms with van der Waals surface area (Å²) in [6.45, 7) is 3.73. The summed E-state index contributed by atoms with van der Waals surface area (Å²) in [5.74, 6) is 0.811. The number of hydrogen-bond acceptors (Lipinski definition) is 7.